The van der Waals surface area contributed by atoms with Crippen molar-refractivity contribution in [3.63, 3.8) is 0 Å². The Labute approximate surface area is 118 Å². The van der Waals surface area contributed by atoms with Gasteiger partial charge in [0.25, 0.3) is 0 Å². The summed E-state index contributed by atoms with van der Waals surface area (Å²) in [6.07, 6.45) is 3.50. The number of hydrazine groups is 1. The van der Waals surface area contributed by atoms with Gasteiger partial charge in [0.2, 0.25) is 0 Å². The fraction of sp³-hybridized carbons (Fsp3) is 0.636. The summed E-state index contributed by atoms with van der Waals surface area (Å²) in [4.78, 5) is 0. The third-order valence-corrected chi connectivity index (χ3v) is 5.37. The molecular formula is C11H18Br2N2S. The number of hydrogen-bond acceptors (Lipinski definition) is 3. The first-order chi connectivity index (χ1) is 7.62. The normalized spacial score (nSPS) is 13.4. The summed E-state index contributed by atoms with van der Waals surface area (Å²) in [5, 5.41) is 0. The smallest absolute Gasteiger partial charge is 0.0758 e. The van der Waals surface area contributed by atoms with Crippen LogP contribution in [0.15, 0.2) is 13.6 Å². The molecule has 0 aliphatic carbocycles. The molecule has 0 aromatic carbocycles. The van der Waals surface area contributed by atoms with Gasteiger partial charge in [-0.15, -0.1) is 11.3 Å². The van der Waals surface area contributed by atoms with E-state index in [9.17, 15) is 0 Å². The van der Waals surface area contributed by atoms with Gasteiger partial charge in [-0.3, -0.25) is 11.3 Å². The highest BCUT2D eigenvalue weighted by atomic mass is 79.9. The van der Waals surface area contributed by atoms with Gasteiger partial charge in [-0.2, -0.15) is 0 Å². The number of thiophene rings is 1. The fourth-order valence-corrected chi connectivity index (χ4v) is 4.80. The Bertz CT molecular complexity index is 324. The highest BCUT2D eigenvalue weighted by molar-refractivity contribution is 9.12. The van der Waals surface area contributed by atoms with E-state index in [1.165, 1.54) is 18.4 Å². The predicted molar refractivity (Wildman–Crippen MR) is 78.5 cm³/mol. The van der Waals surface area contributed by atoms with E-state index in [0.717, 1.165) is 19.9 Å². The predicted octanol–water partition coefficient (Wildman–Crippen LogP) is 4.60. The molecule has 3 N–H and O–H groups in total. The van der Waals surface area contributed by atoms with Gasteiger partial charge < -0.3 is 0 Å². The second kappa shape index (κ2) is 7.11. The van der Waals surface area contributed by atoms with Gasteiger partial charge in [0.05, 0.1) is 7.57 Å². The molecule has 16 heavy (non-hydrogen) atoms. The van der Waals surface area contributed by atoms with Crippen molar-refractivity contribution in [2.75, 3.05) is 0 Å². The number of nitrogens with one attached hydrogen (secondary N) is 1. The van der Waals surface area contributed by atoms with Crippen LogP contribution in [0.3, 0.4) is 0 Å². The van der Waals surface area contributed by atoms with Crippen LogP contribution in [0.2, 0.25) is 0 Å². The van der Waals surface area contributed by atoms with Gasteiger partial charge >= 0.3 is 0 Å². The van der Waals surface area contributed by atoms with Crippen molar-refractivity contribution in [1.82, 2.24) is 5.43 Å². The first kappa shape index (κ1) is 14.6. The first-order valence-electron chi connectivity index (χ1n) is 5.53. The van der Waals surface area contributed by atoms with E-state index in [1.54, 1.807) is 11.3 Å². The number of halogens is 2. The summed E-state index contributed by atoms with van der Waals surface area (Å²) in [5.41, 5.74) is 4.18. The molecule has 0 bridgehead atoms. The summed E-state index contributed by atoms with van der Waals surface area (Å²) in [6.45, 7) is 4.47. The third-order valence-electron chi connectivity index (χ3n) is 2.98. The van der Waals surface area contributed by atoms with Crippen molar-refractivity contribution in [3.05, 3.63) is 19.2 Å². The van der Waals surface area contributed by atoms with Crippen molar-refractivity contribution in [3.8, 4) is 0 Å². The van der Waals surface area contributed by atoms with Gasteiger partial charge in [-0.1, -0.05) is 26.7 Å². The van der Waals surface area contributed by atoms with Gasteiger partial charge in [0.1, 0.15) is 0 Å². The van der Waals surface area contributed by atoms with Crippen LogP contribution in [0.1, 0.15) is 44.7 Å². The quantitative estimate of drug-likeness (QED) is 0.567. The van der Waals surface area contributed by atoms with E-state index in [0.29, 0.717) is 0 Å². The van der Waals surface area contributed by atoms with Gasteiger partial charge in [-0.05, 0) is 55.8 Å². The Balaban J connectivity index is 2.77. The number of hydrogen-bond donors (Lipinski definition) is 2. The van der Waals surface area contributed by atoms with E-state index in [4.69, 9.17) is 5.84 Å². The topological polar surface area (TPSA) is 38.0 Å². The molecule has 1 aromatic heterocycles. The lowest BCUT2D eigenvalue weighted by atomic mass is 9.92. The van der Waals surface area contributed by atoms with Crippen LogP contribution >= 0.6 is 43.2 Å². The molecule has 1 heterocycles. The van der Waals surface area contributed by atoms with Crippen LogP contribution in [-0.2, 0) is 0 Å². The molecule has 0 fully saturated rings. The van der Waals surface area contributed by atoms with E-state index >= 15 is 0 Å². The summed E-state index contributed by atoms with van der Waals surface area (Å²) >= 11 is 8.78. The van der Waals surface area contributed by atoms with Crippen molar-refractivity contribution in [2.24, 2.45) is 11.8 Å². The van der Waals surface area contributed by atoms with Crippen molar-refractivity contribution in [1.29, 1.82) is 0 Å². The molecule has 0 aliphatic rings. The number of rotatable bonds is 6. The second-order valence-electron chi connectivity index (χ2n) is 3.92. The van der Waals surface area contributed by atoms with Gasteiger partial charge in [0.15, 0.2) is 0 Å². The SMILES string of the molecule is CCC(CC)CC(NN)c1cc(Br)sc1Br. The maximum Gasteiger partial charge on any atom is 0.0758 e. The largest absolute Gasteiger partial charge is 0.271 e. The fourth-order valence-electron chi connectivity index (χ4n) is 1.83. The Morgan fingerprint density at radius 3 is 2.38 bits per heavy atom. The molecule has 1 unspecified atom stereocenters. The Morgan fingerprint density at radius 1 is 1.38 bits per heavy atom. The minimum absolute atomic E-state index is 0.238. The minimum Gasteiger partial charge on any atom is -0.271 e. The molecule has 0 aliphatic heterocycles. The average molecular weight is 370 g/mol. The lowest BCUT2D eigenvalue weighted by Gasteiger charge is -2.21. The highest BCUT2D eigenvalue weighted by Gasteiger charge is 2.19. The van der Waals surface area contributed by atoms with Crippen LogP contribution in [-0.4, -0.2) is 0 Å². The molecular weight excluding hydrogens is 352 g/mol. The van der Waals surface area contributed by atoms with Gasteiger partial charge in [-0.25, -0.2) is 0 Å². The van der Waals surface area contributed by atoms with Crippen molar-refractivity contribution in [2.45, 2.75) is 39.2 Å². The number of nitrogens with two attached hydrogens (primary N) is 1. The standard InChI is InChI=1S/C11H18Br2N2S/c1-3-7(4-2)5-9(15-14)8-6-10(12)16-11(8)13/h6-7,9,15H,3-5,14H2,1-2H3. The zero-order chi connectivity index (χ0) is 12.1. The lowest BCUT2D eigenvalue weighted by molar-refractivity contribution is 0.375. The molecule has 1 atom stereocenters. The molecule has 0 saturated carbocycles. The summed E-state index contributed by atoms with van der Waals surface area (Å²) < 4.78 is 2.30. The maximum absolute atomic E-state index is 5.66. The van der Waals surface area contributed by atoms with Crippen molar-refractivity contribution >= 4 is 43.2 Å². The molecule has 0 radical (unpaired) electrons. The molecule has 0 saturated heterocycles. The molecule has 0 spiro atoms. The van der Waals surface area contributed by atoms with Crippen LogP contribution in [0.4, 0.5) is 0 Å². The third kappa shape index (κ3) is 3.81. The molecule has 1 aromatic rings. The molecule has 2 nitrogen and oxygen atoms in total. The minimum atomic E-state index is 0.238. The Morgan fingerprint density at radius 2 is 2.00 bits per heavy atom. The lowest BCUT2D eigenvalue weighted by Crippen LogP contribution is -2.29. The Hall–Kier alpha value is 0.580. The summed E-state index contributed by atoms with van der Waals surface area (Å²) in [6, 6.07) is 2.38. The van der Waals surface area contributed by atoms with Gasteiger partial charge in [0, 0.05) is 6.04 Å². The monoisotopic (exact) mass is 368 g/mol. The van der Waals surface area contributed by atoms with E-state index < -0.39 is 0 Å². The molecule has 1 rings (SSSR count). The molecule has 92 valence electrons. The zero-order valence-electron chi connectivity index (χ0n) is 9.59. The summed E-state index contributed by atoms with van der Waals surface area (Å²) in [5.74, 6) is 6.39. The van der Waals surface area contributed by atoms with E-state index in [2.05, 4.69) is 57.2 Å². The van der Waals surface area contributed by atoms with Crippen LogP contribution in [0, 0.1) is 5.92 Å². The maximum atomic E-state index is 5.66. The average Bonchev–Trinajstić information content (AvgIpc) is 2.60. The highest BCUT2D eigenvalue weighted by Crippen LogP contribution is 2.37. The second-order valence-corrected chi connectivity index (χ2v) is 7.67. The zero-order valence-corrected chi connectivity index (χ0v) is 13.6. The van der Waals surface area contributed by atoms with E-state index in [1.807, 2.05) is 0 Å². The van der Waals surface area contributed by atoms with Crippen molar-refractivity contribution < 1.29 is 0 Å². The summed E-state index contributed by atoms with van der Waals surface area (Å²) in [7, 11) is 0. The first-order valence-corrected chi connectivity index (χ1v) is 7.93. The van der Waals surface area contributed by atoms with E-state index in [-0.39, 0.29) is 6.04 Å². The molecule has 0 amide bonds. The van der Waals surface area contributed by atoms with Crippen LogP contribution < -0.4 is 11.3 Å². The molecule has 5 heteroatoms. The van der Waals surface area contributed by atoms with Crippen LogP contribution in [0.5, 0.6) is 0 Å². The Kier molecular flexibility index (Phi) is 6.51. The van der Waals surface area contributed by atoms with Crippen LogP contribution in [0.25, 0.3) is 0 Å².